The molecule has 0 bridgehead atoms. The highest BCUT2D eigenvalue weighted by Gasteiger charge is 2.31. The number of aliphatic hydroxyl groups excluding tert-OH is 1. The van der Waals surface area contributed by atoms with Gasteiger partial charge in [0.25, 0.3) is 0 Å². The maximum absolute atomic E-state index is 12.0. The minimum Gasteiger partial charge on any atom is -0.392 e. The summed E-state index contributed by atoms with van der Waals surface area (Å²) in [7, 11) is 3.32. The van der Waals surface area contributed by atoms with Gasteiger partial charge in [0, 0.05) is 26.1 Å². The average molecular weight is 305 g/mol. The number of anilines is 2. The number of rotatable bonds is 5. The van der Waals surface area contributed by atoms with E-state index >= 15 is 0 Å². The predicted octanol–water partition coefficient (Wildman–Crippen LogP) is 0.0129. The molecule has 22 heavy (non-hydrogen) atoms. The molecule has 7 heteroatoms. The number of nitrogens with zero attached hydrogens (tertiary/aromatic N) is 2. The minimum absolute atomic E-state index is 0.218. The lowest BCUT2D eigenvalue weighted by Crippen LogP contribution is -2.51. The number of carbonyl (C=O) groups is 3. The van der Waals surface area contributed by atoms with Crippen molar-refractivity contribution in [2.75, 3.05) is 23.9 Å². The predicted molar refractivity (Wildman–Crippen MR) is 81.4 cm³/mol. The van der Waals surface area contributed by atoms with Gasteiger partial charge in [0.1, 0.15) is 6.04 Å². The number of para-hydroxylation sites is 1. The van der Waals surface area contributed by atoms with Crippen molar-refractivity contribution < 1.29 is 19.5 Å². The van der Waals surface area contributed by atoms with Crippen LogP contribution in [0.1, 0.15) is 18.4 Å². The Balaban J connectivity index is 2.41. The van der Waals surface area contributed by atoms with Crippen LogP contribution in [0.5, 0.6) is 0 Å². The third kappa shape index (κ3) is 2.94. The first kappa shape index (κ1) is 16.0. The molecule has 0 aliphatic carbocycles. The molecule has 1 atom stereocenters. The molecule has 2 rings (SSSR count). The van der Waals surface area contributed by atoms with E-state index in [1.54, 1.807) is 37.2 Å². The van der Waals surface area contributed by atoms with Gasteiger partial charge in [0.15, 0.2) is 0 Å². The smallest absolute Gasteiger partial charge is 0.249 e. The van der Waals surface area contributed by atoms with Crippen LogP contribution in [0.3, 0.4) is 0 Å². The van der Waals surface area contributed by atoms with E-state index in [9.17, 15) is 19.5 Å². The minimum atomic E-state index is -0.495. The maximum Gasteiger partial charge on any atom is 0.249 e. The highest BCUT2D eigenvalue weighted by atomic mass is 16.3. The van der Waals surface area contributed by atoms with Crippen molar-refractivity contribution in [2.24, 2.45) is 0 Å². The topological polar surface area (TPSA) is 90.0 Å². The van der Waals surface area contributed by atoms with E-state index in [1.807, 2.05) is 0 Å². The molecule has 1 aliphatic rings. The molecule has 1 aliphatic heterocycles. The van der Waals surface area contributed by atoms with Crippen molar-refractivity contribution in [3.05, 3.63) is 23.8 Å². The Morgan fingerprint density at radius 3 is 2.68 bits per heavy atom. The molecular formula is C15H19N3O4. The van der Waals surface area contributed by atoms with Crippen LogP contribution in [0.2, 0.25) is 0 Å². The molecule has 1 fully saturated rings. The number of benzene rings is 1. The van der Waals surface area contributed by atoms with Gasteiger partial charge in [-0.3, -0.25) is 19.7 Å². The summed E-state index contributed by atoms with van der Waals surface area (Å²) in [5, 5.41) is 11.8. The summed E-state index contributed by atoms with van der Waals surface area (Å²) in [5.41, 5.74) is 1.79. The first-order chi connectivity index (χ1) is 10.5. The summed E-state index contributed by atoms with van der Waals surface area (Å²) in [4.78, 5) is 37.5. The summed E-state index contributed by atoms with van der Waals surface area (Å²) in [6.45, 7) is -0.218. The summed E-state index contributed by atoms with van der Waals surface area (Å²) in [5.74, 6) is -0.628. The molecule has 3 amide bonds. The molecule has 0 radical (unpaired) electrons. The number of nitrogens with one attached hydrogen (secondary N) is 1. The van der Waals surface area contributed by atoms with Crippen molar-refractivity contribution in [3.63, 3.8) is 0 Å². The lowest BCUT2D eigenvalue weighted by atomic mass is 10.0. The summed E-state index contributed by atoms with van der Waals surface area (Å²) in [6, 6.07) is 4.76. The molecule has 0 saturated carbocycles. The Bertz CT molecular complexity index is 602. The second-order valence-electron chi connectivity index (χ2n) is 5.24. The van der Waals surface area contributed by atoms with Crippen molar-refractivity contribution >= 4 is 29.6 Å². The van der Waals surface area contributed by atoms with Crippen molar-refractivity contribution in [2.45, 2.75) is 25.5 Å². The second-order valence-corrected chi connectivity index (χ2v) is 5.24. The third-order valence-electron chi connectivity index (χ3n) is 3.84. The number of aliphatic hydroxyl groups is 1. The van der Waals surface area contributed by atoms with Gasteiger partial charge in [0.05, 0.1) is 18.0 Å². The molecule has 118 valence electrons. The first-order valence-corrected chi connectivity index (χ1v) is 6.97. The van der Waals surface area contributed by atoms with Gasteiger partial charge in [0.2, 0.25) is 18.2 Å². The molecule has 1 aromatic carbocycles. The zero-order chi connectivity index (χ0) is 16.3. The van der Waals surface area contributed by atoms with E-state index in [4.69, 9.17) is 0 Å². The summed E-state index contributed by atoms with van der Waals surface area (Å²) >= 11 is 0. The van der Waals surface area contributed by atoms with E-state index in [0.29, 0.717) is 29.8 Å². The number of carbonyl (C=O) groups excluding carboxylic acids is 3. The molecule has 1 saturated heterocycles. The number of hydrogen-bond acceptors (Lipinski definition) is 5. The van der Waals surface area contributed by atoms with Crippen molar-refractivity contribution in [1.29, 1.82) is 0 Å². The molecule has 1 unspecified atom stereocenters. The van der Waals surface area contributed by atoms with Crippen molar-refractivity contribution in [3.8, 4) is 0 Å². The van der Waals surface area contributed by atoms with E-state index in [2.05, 4.69) is 5.32 Å². The molecule has 1 aromatic rings. The molecule has 7 nitrogen and oxygen atoms in total. The Morgan fingerprint density at radius 2 is 2.09 bits per heavy atom. The molecule has 2 N–H and O–H groups in total. The van der Waals surface area contributed by atoms with Crippen LogP contribution in [0, 0.1) is 0 Å². The van der Waals surface area contributed by atoms with Gasteiger partial charge in [-0.2, -0.15) is 0 Å². The number of amides is 3. The fourth-order valence-electron chi connectivity index (χ4n) is 2.67. The fourth-order valence-corrected chi connectivity index (χ4v) is 2.67. The Morgan fingerprint density at radius 1 is 1.36 bits per heavy atom. The largest absolute Gasteiger partial charge is 0.392 e. The van der Waals surface area contributed by atoms with E-state index in [0.717, 1.165) is 0 Å². The standard InChI is InChI=1S/C15H19N3O4/c1-17(9-20)14-10(8-19)4-3-5-11(14)18(2)12-6-7-13(21)16-15(12)22/h3-5,9,12,19H,6-8H2,1-2H3,(H,16,21,22). The van der Waals surface area contributed by atoms with Crippen LogP contribution >= 0.6 is 0 Å². The maximum atomic E-state index is 12.0. The van der Waals surface area contributed by atoms with Gasteiger partial charge in [-0.15, -0.1) is 0 Å². The van der Waals surface area contributed by atoms with Crippen LogP contribution in [0.15, 0.2) is 18.2 Å². The lowest BCUT2D eigenvalue weighted by molar-refractivity contribution is -0.134. The van der Waals surface area contributed by atoms with Crippen molar-refractivity contribution in [1.82, 2.24) is 5.32 Å². The zero-order valence-corrected chi connectivity index (χ0v) is 12.6. The summed E-state index contributed by atoms with van der Waals surface area (Å²) in [6.07, 6.45) is 1.34. The normalized spacial score (nSPS) is 17.9. The highest BCUT2D eigenvalue weighted by molar-refractivity contribution is 6.02. The SMILES string of the molecule is CN(C=O)c1c(CO)cccc1N(C)C1CCC(=O)NC1=O. The molecule has 1 heterocycles. The van der Waals surface area contributed by atoms with Crippen LogP contribution in [-0.2, 0) is 21.0 Å². The van der Waals surface area contributed by atoms with E-state index in [1.165, 1.54) is 4.90 Å². The van der Waals surface area contributed by atoms with Gasteiger partial charge in [-0.1, -0.05) is 12.1 Å². The Kier molecular flexibility index (Phi) is 4.77. The highest BCUT2D eigenvalue weighted by Crippen LogP contribution is 2.33. The quantitative estimate of drug-likeness (QED) is 0.591. The number of piperidine rings is 1. The van der Waals surface area contributed by atoms with Gasteiger partial charge < -0.3 is 14.9 Å². The zero-order valence-electron chi connectivity index (χ0n) is 12.6. The fraction of sp³-hybridized carbons (Fsp3) is 0.400. The van der Waals surface area contributed by atoms with Crippen LogP contribution in [0.4, 0.5) is 11.4 Å². The Hall–Kier alpha value is -2.41. The van der Waals surface area contributed by atoms with Crippen LogP contribution in [0.25, 0.3) is 0 Å². The van der Waals surface area contributed by atoms with Gasteiger partial charge in [-0.25, -0.2) is 0 Å². The molecular weight excluding hydrogens is 286 g/mol. The Labute approximate surface area is 128 Å². The third-order valence-corrected chi connectivity index (χ3v) is 3.84. The van der Waals surface area contributed by atoms with Crippen LogP contribution in [-0.4, -0.2) is 43.5 Å². The molecule has 0 aromatic heterocycles. The van der Waals surface area contributed by atoms with Crippen LogP contribution < -0.4 is 15.1 Å². The molecule has 0 spiro atoms. The monoisotopic (exact) mass is 305 g/mol. The number of likely N-dealkylation sites (N-methyl/N-ethyl adjacent to an activating group) is 1. The van der Waals surface area contributed by atoms with Gasteiger partial charge >= 0.3 is 0 Å². The summed E-state index contributed by atoms with van der Waals surface area (Å²) < 4.78 is 0. The number of hydrogen-bond donors (Lipinski definition) is 2. The van der Waals surface area contributed by atoms with E-state index in [-0.39, 0.29) is 24.8 Å². The average Bonchev–Trinajstić information content (AvgIpc) is 2.52. The second kappa shape index (κ2) is 6.57. The number of imide groups is 1. The lowest BCUT2D eigenvalue weighted by Gasteiger charge is -2.34. The first-order valence-electron chi connectivity index (χ1n) is 6.97. The van der Waals surface area contributed by atoms with E-state index < -0.39 is 6.04 Å². The van der Waals surface area contributed by atoms with Gasteiger partial charge in [-0.05, 0) is 12.5 Å².